The van der Waals surface area contributed by atoms with Crippen LogP contribution in [0.15, 0.2) is 5.38 Å². The maximum absolute atomic E-state index is 11.8. The minimum absolute atomic E-state index is 0.0862. The number of amides is 1. The third kappa shape index (κ3) is 3.04. The highest BCUT2D eigenvalue weighted by atomic mass is 32.1. The molecule has 0 saturated heterocycles. The fraction of sp³-hybridized carbons (Fsp3) is 0.667. The van der Waals surface area contributed by atoms with Gasteiger partial charge in [0.1, 0.15) is 5.01 Å². The Kier molecular flexibility index (Phi) is 3.79. The van der Waals surface area contributed by atoms with Gasteiger partial charge >= 0.3 is 0 Å². The third-order valence-corrected chi connectivity index (χ3v) is 4.45. The van der Waals surface area contributed by atoms with Crippen LogP contribution >= 0.6 is 11.3 Å². The van der Waals surface area contributed by atoms with Gasteiger partial charge in [-0.25, -0.2) is 4.98 Å². The van der Waals surface area contributed by atoms with Gasteiger partial charge < -0.3 is 11.1 Å². The molecule has 4 nitrogen and oxygen atoms in total. The Bertz CT molecular complexity index is 393. The first kappa shape index (κ1) is 12.5. The zero-order valence-corrected chi connectivity index (χ0v) is 11.0. The zero-order valence-electron chi connectivity index (χ0n) is 10.2. The number of nitrogens with zero attached hydrogens (tertiary/aromatic N) is 1. The molecule has 1 aromatic heterocycles. The van der Waals surface area contributed by atoms with E-state index in [1.165, 1.54) is 6.42 Å². The van der Waals surface area contributed by atoms with Gasteiger partial charge in [0, 0.05) is 17.5 Å². The van der Waals surface area contributed by atoms with Crippen LogP contribution in [0, 0.1) is 12.3 Å². The van der Waals surface area contributed by atoms with Gasteiger partial charge in [-0.05, 0) is 31.7 Å². The minimum atomic E-state index is 0.0862. The van der Waals surface area contributed by atoms with E-state index in [1.54, 1.807) is 11.3 Å². The molecule has 0 aromatic carbocycles. The molecule has 1 aliphatic carbocycles. The number of thiazole rings is 1. The number of aryl methyl sites for hydroxylation is 1. The van der Waals surface area contributed by atoms with E-state index >= 15 is 0 Å². The normalized spacial score (nSPS) is 17.5. The molecular weight excluding hydrogens is 234 g/mol. The number of hydrogen-bond acceptors (Lipinski definition) is 4. The van der Waals surface area contributed by atoms with Crippen molar-refractivity contribution in [3.05, 3.63) is 16.1 Å². The molecule has 1 heterocycles. The van der Waals surface area contributed by atoms with Crippen molar-refractivity contribution in [3.63, 3.8) is 0 Å². The Morgan fingerprint density at radius 3 is 2.88 bits per heavy atom. The van der Waals surface area contributed by atoms with Gasteiger partial charge in [0.15, 0.2) is 0 Å². The first-order chi connectivity index (χ1) is 8.13. The summed E-state index contributed by atoms with van der Waals surface area (Å²) in [7, 11) is 0. The second kappa shape index (κ2) is 5.14. The fourth-order valence-electron chi connectivity index (χ4n) is 2.19. The van der Waals surface area contributed by atoms with E-state index in [0.717, 1.165) is 23.5 Å². The molecule has 0 bridgehead atoms. The predicted octanol–water partition coefficient (Wildman–Crippen LogP) is 1.59. The van der Waals surface area contributed by atoms with E-state index in [1.807, 2.05) is 12.3 Å². The van der Waals surface area contributed by atoms with Crippen molar-refractivity contribution in [2.24, 2.45) is 11.1 Å². The molecule has 3 N–H and O–H groups in total. The highest BCUT2D eigenvalue weighted by Crippen LogP contribution is 2.42. The lowest BCUT2D eigenvalue weighted by Gasteiger charge is -2.40. The van der Waals surface area contributed by atoms with Crippen molar-refractivity contribution in [1.29, 1.82) is 0 Å². The molecular formula is C12H19N3OS. The molecule has 1 aliphatic rings. The summed E-state index contributed by atoms with van der Waals surface area (Å²) in [6, 6.07) is 0. The number of carbonyl (C=O) groups excluding carboxylic acids is 1. The zero-order chi connectivity index (χ0) is 12.3. The molecule has 1 fully saturated rings. The molecule has 94 valence electrons. The number of aromatic nitrogens is 1. The summed E-state index contributed by atoms with van der Waals surface area (Å²) in [5.41, 5.74) is 6.83. The summed E-state index contributed by atoms with van der Waals surface area (Å²) < 4.78 is 0. The average molecular weight is 253 g/mol. The van der Waals surface area contributed by atoms with E-state index in [-0.39, 0.29) is 11.3 Å². The van der Waals surface area contributed by atoms with Crippen LogP contribution in [0.5, 0.6) is 0 Å². The lowest BCUT2D eigenvalue weighted by atomic mass is 9.66. The molecule has 0 radical (unpaired) electrons. The Balaban J connectivity index is 1.77. The summed E-state index contributed by atoms with van der Waals surface area (Å²) in [4.78, 5) is 16.1. The lowest BCUT2D eigenvalue weighted by Crippen LogP contribution is -2.41. The van der Waals surface area contributed by atoms with Crippen molar-refractivity contribution < 1.29 is 4.79 Å². The van der Waals surface area contributed by atoms with Gasteiger partial charge in [-0.3, -0.25) is 4.79 Å². The standard InChI is InChI=1S/C12H19N3OS/c1-9-7-17-11(15-9)6-14-10(16)5-12(8-13)3-2-4-12/h7H,2-6,8,13H2,1H3,(H,14,16). The van der Waals surface area contributed by atoms with Crippen molar-refractivity contribution in [1.82, 2.24) is 10.3 Å². The maximum Gasteiger partial charge on any atom is 0.220 e. The van der Waals surface area contributed by atoms with Gasteiger partial charge in [-0.1, -0.05) is 6.42 Å². The molecule has 17 heavy (non-hydrogen) atoms. The Hall–Kier alpha value is -0.940. The van der Waals surface area contributed by atoms with Crippen molar-refractivity contribution in [2.45, 2.75) is 39.2 Å². The minimum Gasteiger partial charge on any atom is -0.350 e. The maximum atomic E-state index is 11.8. The van der Waals surface area contributed by atoms with Crippen LogP contribution in [0.3, 0.4) is 0 Å². The number of rotatable bonds is 5. The van der Waals surface area contributed by atoms with E-state index < -0.39 is 0 Å². The molecule has 0 unspecified atom stereocenters. The van der Waals surface area contributed by atoms with Gasteiger partial charge in [0.05, 0.1) is 6.54 Å². The van der Waals surface area contributed by atoms with E-state index in [4.69, 9.17) is 5.73 Å². The van der Waals surface area contributed by atoms with Crippen molar-refractivity contribution >= 4 is 17.2 Å². The van der Waals surface area contributed by atoms with Gasteiger partial charge in [-0.15, -0.1) is 11.3 Å². The first-order valence-electron chi connectivity index (χ1n) is 6.01. The highest BCUT2D eigenvalue weighted by molar-refractivity contribution is 7.09. The molecule has 1 saturated carbocycles. The SMILES string of the molecule is Cc1csc(CNC(=O)CC2(CN)CCC2)n1. The molecule has 0 aliphatic heterocycles. The second-order valence-electron chi connectivity index (χ2n) is 4.89. The highest BCUT2D eigenvalue weighted by Gasteiger charge is 2.37. The van der Waals surface area contributed by atoms with Gasteiger partial charge in [-0.2, -0.15) is 0 Å². The smallest absolute Gasteiger partial charge is 0.220 e. The van der Waals surface area contributed by atoms with E-state index in [0.29, 0.717) is 19.5 Å². The quantitative estimate of drug-likeness (QED) is 0.837. The van der Waals surface area contributed by atoms with Crippen LogP contribution in [0.2, 0.25) is 0 Å². The first-order valence-corrected chi connectivity index (χ1v) is 6.89. The molecule has 5 heteroatoms. The summed E-state index contributed by atoms with van der Waals surface area (Å²) >= 11 is 1.58. The Morgan fingerprint density at radius 1 is 1.65 bits per heavy atom. The number of nitrogens with two attached hydrogens (primary N) is 1. The van der Waals surface area contributed by atoms with Crippen LogP contribution in [0.1, 0.15) is 36.4 Å². The van der Waals surface area contributed by atoms with Gasteiger partial charge in [0.25, 0.3) is 0 Å². The second-order valence-corrected chi connectivity index (χ2v) is 5.84. The number of carbonyl (C=O) groups is 1. The van der Waals surface area contributed by atoms with Gasteiger partial charge in [0.2, 0.25) is 5.91 Å². The van der Waals surface area contributed by atoms with Crippen LogP contribution < -0.4 is 11.1 Å². The summed E-state index contributed by atoms with van der Waals surface area (Å²) in [6.07, 6.45) is 3.95. The average Bonchev–Trinajstić information content (AvgIpc) is 2.67. The Morgan fingerprint density at radius 2 is 2.41 bits per heavy atom. The summed E-state index contributed by atoms with van der Waals surface area (Å²) in [6.45, 7) is 3.12. The monoisotopic (exact) mass is 253 g/mol. The largest absolute Gasteiger partial charge is 0.350 e. The molecule has 0 spiro atoms. The van der Waals surface area contributed by atoms with Crippen LogP contribution in [0.25, 0.3) is 0 Å². The third-order valence-electron chi connectivity index (χ3n) is 3.49. The predicted molar refractivity (Wildman–Crippen MR) is 68.7 cm³/mol. The van der Waals surface area contributed by atoms with E-state index in [9.17, 15) is 4.79 Å². The molecule has 1 aromatic rings. The molecule has 2 rings (SSSR count). The van der Waals surface area contributed by atoms with Crippen molar-refractivity contribution in [3.8, 4) is 0 Å². The van der Waals surface area contributed by atoms with Crippen LogP contribution in [-0.2, 0) is 11.3 Å². The van der Waals surface area contributed by atoms with E-state index in [2.05, 4.69) is 10.3 Å². The topological polar surface area (TPSA) is 68.0 Å². The summed E-state index contributed by atoms with van der Waals surface area (Å²) in [5, 5.41) is 5.88. The van der Waals surface area contributed by atoms with Crippen LogP contribution in [0.4, 0.5) is 0 Å². The van der Waals surface area contributed by atoms with Crippen molar-refractivity contribution in [2.75, 3.05) is 6.54 Å². The van der Waals surface area contributed by atoms with Crippen LogP contribution in [-0.4, -0.2) is 17.4 Å². The molecule has 0 atom stereocenters. The summed E-state index contributed by atoms with van der Waals surface area (Å²) in [5.74, 6) is 0.100. The Labute approximate surface area is 106 Å². The lowest BCUT2D eigenvalue weighted by molar-refractivity contribution is -0.124. The fourth-order valence-corrected chi connectivity index (χ4v) is 2.90. The number of nitrogens with one attached hydrogen (secondary N) is 1. The number of hydrogen-bond donors (Lipinski definition) is 2. The molecule has 1 amide bonds.